The van der Waals surface area contributed by atoms with E-state index < -0.39 is 23.6 Å². The van der Waals surface area contributed by atoms with E-state index in [1.54, 1.807) is 20.8 Å². The maximum Gasteiger partial charge on any atom is 0.408 e. The molecule has 0 saturated heterocycles. The lowest BCUT2D eigenvalue weighted by Gasteiger charge is -2.22. The van der Waals surface area contributed by atoms with Crippen LogP contribution >= 0.6 is 0 Å². The zero-order valence-corrected chi connectivity index (χ0v) is 11.7. The first-order valence-corrected chi connectivity index (χ1v) is 6.13. The Morgan fingerprint density at radius 2 is 2.20 bits per heavy atom. The standard InChI is InChI=1S/C12H19N3O5/c1-12(2,3)20-11(18)13-8(4-6-16)10(17)14-9-5-7-19-15-9/h5,7-8,16H,4,6H2,1-3H3,(H,13,18)(H,14,15,17)/t8-/m0/s1. The van der Waals surface area contributed by atoms with Gasteiger partial charge in [0.25, 0.3) is 0 Å². The molecule has 1 atom stereocenters. The zero-order valence-electron chi connectivity index (χ0n) is 11.7. The number of ether oxygens (including phenoxy) is 1. The van der Waals surface area contributed by atoms with Gasteiger partial charge in [-0.2, -0.15) is 0 Å². The van der Waals surface area contributed by atoms with Crippen molar-refractivity contribution in [3.8, 4) is 0 Å². The van der Waals surface area contributed by atoms with Gasteiger partial charge in [-0.3, -0.25) is 4.79 Å². The van der Waals surface area contributed by atoms with Crippen molar-refractivity contribution in [1.82, 2.24) is 10.5 Å². The fraction of sp³-hybridized carbons (Fsp3) is 0.583. The molecule has 0 aliphatic heterocycles. The summed E-state index contributed by atoms with van der Waals surface area (Å²) in [5.74, 6) is -0.289. The van der Waals surface area contributed by atoms with E-state index in [0.717, 1.165) is 0 Å². The van der Waals surface area contributed by atoms with Crippen molar-refractivity contribution in [1.29, 1.82) is 0 Å². The Bertz CT molecular complexity index is 438. The van der Waals surface area contributed by atoms with Crippen LogP contribution in [0.5, 0.6) is 0 Å². The molecule has 1 aromatic rings. The Labute approximate surface area is 116 Å². The average Bonchev–Trinajstić information content (AvgIpc) is 2.78. The number of hydrogen-bond acceptors (Lipinski definition) is 6. The molecule has 0 spiro atoms. The number of rotatable bonds is 5. The first kappa shape index (κ1) is 16.0. The second-order valence-corrected chi connectivity index (χ2v) is 5.09. The normalized spacial score (nSPS) is 12.6. The van der Waals surface area contributed by atoms with Crippen molar-refractivity contribution < 1.29 is 24.0 Å². The van der Waals surface area contributed by atoms with Gasteiger partial charge in [0.15, 0.2) is 5.82 Å². The summed E-state index contributed by atoms with van der Waals surface area (Å²) in [4.78, 5) is 23.5. The molecule has 3 N–H and O–H groups in total. The zero-order chi connectivity index (χ0) is 15.2. The molecule has 8 nitrogen and oxygen atoms in total. The summed E-state index contributed by atoms with van der Waals surface area (Å²) in [7, 11) is 0. The van der Waals surface area contributed by atoms with Crippen LogP contribution in [0.3, 0.4) is 0 Å². The highest BCUT2D eigenvalue weighted by molar-refractivity contribution is 5.95. The van der Waals surface area contributed by atoms with Crippen molar-refractivity contribution in [2.45, 2.75) is 38.8 Å². The van der Waals surface area contributed by atoms with Gasteiger partial charge in [-0.15, -0.1) is 0 Å². The van der Waals surface area contributed by atoms with Crippen LogP contribution in [0, 0.1) is 0 Å². The minimum Gasteiger partial charge on any atom is -0.444 e. The van der Waals surface area contributed by atoms with Gasteiger partial charge in [-0.25, -0.2) is 4.79 Å². The first-order valence-electron chi connectivity index (χ1n) is 6.13. The lowest BCUT2D eigenvalue weighted by molar-refractivity contribution is -0.118. The number of aliphatic hydroxyl groups excluding tert-OH is 1. The number of alkyl carbamates (subject to hydrolysis) is 1. The number of anilines is 1. The Balaban J connectivity index is 2.59. The van der Waals surface area contributed by atoms with Gasteiger partial charge in [0.05, 0.1) is 0 Å². The van der Waals surface area contributed by atoms with Crippen molar-refractivity contribution in [3.05, 3.63) is 12.3 Å². The molecule has 1 aromatic heterocycles. The van der Waals surface area contributed by atoms with Gasteiger partial charge >= 0.3 is 6.09 Å². The Kier molecular flexibility index (Phi) is 5.51. The molecule has 20 heavy (non-hydrogen) atoms. The summed E-state index contributed by atoms with van der Waals surface area (Å²) in [5.41, 5.74) is -0.670. The van der Waals surface area contributed by atoms with Crippen LogP contribution in [0.2, 0.25) is 0 Å². The highest BCUT2D eigenvalue weighted by atomic mass is 16.6. The number of carbonyl (C=O) groups excluding carboxylic acids is 2. The van der Waals surface area contributed by atoms with E-state index in [0.29, 0.717) is 0 Å². The number of carbonyl (C=O) groups is 2. The Morgan fingerprint density at radius 3 is 2.70 bits per heavy atom. The third-order valence-electron chi connectivity index (χ3n) is 2.11. The fourth-order valence-corrected chi connectivity index (χ4v) is 1.34. The molecule has 0 radical (unpaired) electrons. The summed E-state index contributed by atoms with van der Waals surface area (Å²) < 4.78 is 9.63. The summed E-state index contributed by atoms with van der Waals surface area (Å²) >= 11 is 0. The second-order valence-electron chi connectivity index (χ2n) is 5.09. The quantitative estimate of drug-likeness (QED) is 0.740. The number of nitrogens with one attached hydrogen (secondary N) is 2. The molecule has 0 fully saturated rings. The number of hydrogen-bond donors (Lipinski definition) is 3. The Morgan fingerprint density at radius 1 is 1.50 bits per heavy atom. The lowest BCUT2D eigenvalue weighted by Crippen LogP contribution is -2.46. The van der Waals surface area contributed by atoms with Crippen LogP contribution in [0.4, 0.5) is 10.6 Å². The number of nitrogens with zero attached hydrogens (tertiary/aromatic N) is 1. The first-order chi connectivity index (χ1) is 9.31. The average molecular weight is 285 g/mol. The third kappa shape index (κ3) is 5.70. The van der Waals surface area contributed by atoms with E-state index in [9.17, 15) is 9.59 Å². The molecule has 0 saturated carbocycles. The number of aliphatic hydroxyl groups is 1. The smallest absolute Gasteiger partial charge is 0.408 e. The van der Waals surface area contributed by atoms with Crippen LogP contribution in [-0.4, -0.2) is 40.5 Å². The molecule has 0 aliphatic rings. The third-order valence-corrected chi connectivity index (χ3v) is 2.11. The van der Waals surface area contributed by atoms with Crippen molar-refractivity contribution in [2.75, 3.05) is 11.9 Å². The van der Waals surface area contributed by atoms with Crippen LogP contribution in [0.25, 0.3) is 0 Å². The van der Waals surface area contributed by atoms with Crippen molar-refractivity contribution in [3.63, 3.8) is 0 Å². The van der Waals surface area contributed by atoms with E-state index in [1.807, 2.05) is 0 Å². The molecule has 0 bridgehead atoms. The minimum atomic E-state index is -0.924. The molecular weight excluding hydrogens is 266 g/mol. The van der Waals surface area contributed by atoms with Gasteiger partial charge in [-0.1, -0.05) is 5.16 Å². The highest BCUT2D eigenvalue weighted by Gasteiger charge is 2.24. The molecule has 0 unspecified atom stereocenters. The Hall–Kier alpha value is -2.09. The van der Waals surface area contributed by atoms with Crippen LogP contribution in [-0.2, 0) is 9.53 Å². The number of aromatic nitrogens is 1. The number of amides is 2. The van der Waals surface area contributed by atoms with Crippen LogP contribution in [0.15, 0.2) is 16.9 Å². The maximum atomic E-state index is 11.9. The molecule has 0 aromatic carbocycles. The van der Waals surface area contributed by atoms with E-state index in [-0.39, 0.29) is 18.8 Å². The monoisotopic (exact) mass is 285 g/mol. The molecule has 1 rings (SSSR count). The van der Waals surface area contributed by atoms with E-state index >= 15 is 0 Å². The topological polar surface area (TPSA) is 114 Å². The van der Waals surface area contributed by atoms with E-state index in [4.69, 9.17) is 9.84 Å². The van der Waals surface area contributed by atoms with Gasteiger partial charge in [0, 0.05) is 12.7 Å². The predicted octanol–water partition coefficient (Wildman–Crippen LogP) is 0.889. The maximum absolute atomic E-state index is 11.9. The van der Waals surface area contributed by atoms with Crippen molar-refractivity contribution in [2.24, 2.45) is 0 Å². The molecular formula is C12H19N3O5. The van der Waals surface area contributed by atoms with Crippen LogP contribution < -0.4 is 10.6 Å². The largest absolute Gasteiger partial charge is 0.444 e. The SMILES string of the molecule is CC(C)(C)OC(=O)N[C@@H](CCO)C(=O)Nc1ccon1. The van der Waals surface area contributed by atoms with E-state index in [2.05, 4.69) is 20.3 Å². The summed E-state index contributed by atoms with van der Waals surface area (Å²) in [6, 6.07) is 0.535. The summed E-state index contributed by atoms with van der Waals surface area (Å²) in [6.45, 7) is 4.88. The van der Waals surface area contributed by atoms with E-state index in [1.165, 1.54) is 12.3 Å². The van der Waals surface area contributed by atoms with Crippen molar-refractivity contribution >= 4 is 17.8 Å². The predicted molar refractivity (Wildman–Crippen MR) is 70.0 cm³/mol. The molecule has 8 heteroatoms. The van der Waals surface area contributed by atoms with Gasteiger partial charge < -0.3 is 25.0 Å². The minimum absolute atomic E-state index is 0.0585. The molecule has 112 valence electrons. The second kappa shape index (κ2) is 6.90. The molecule has 1 heterocycles. The summed E-state index contributed by atoms with van der Waals surface area (Å²) in [5, 5.41) is 17.3. The highest BCUT2D eigenvalue weighted by Crippen LogP contribution is 2.08. The fourth-order valence-electron chi connectivity index (χ4n) is 1.34. The van der Waals surface area contributed by atoms with Gasteiger partial charge in [0.1, 0.15) is 17.9 Å². The van der Waals surface area contributed by atoms with Crippen LogP contribution in [0.1, 0.15) is 27.2 Å². The lowest BCUT2D eigenvalue weighted by atomic mass is 10.2. The van der Waals surface area contributed by atoms with Gasteiger partial charge in [-0.05, 0) is 27.2 Å². The summed E-state index contributed by atoms with van der Waals surface area (Å²) in [6.07, 6.45) is 0.632. The van der Waals surface area contributed by atoms with Gasteiger partial charge in [0.2, 0.25) is 5.91 Å². The molecule has 0 aliphatic carbocycles. The molecule has 2 amide bonds.